The molecule has 0 aromatic carbocycles. The van der Waals surface area contributed by atoms with Crippen LogP contribution in [0.15, 0.2) is 0 Å². The van der Waals surface area contributed by atoms with E-state index in [0.717, 1.165) is 5.92 Å². The first-order chi connectivity index (χ1) is 4.83. The van der Waals surface area contributed by atoms with E-state index in [1.54, 1.807) is 0 Å². The van der Waals surface area contributed by atoms with Gasteiger partial charge in [0.2, 0.25) is 0 Å². The number of hydrogen-bond donors (Lipinski definition) is 0. The molecule has 0 unspecified atom stereocenters. The van der Waals surface area contributed by atoms with Crippen molar-refractivity contribution >= 4 is 0 Å². The molecular formula is C9H19N. The van der Waals surface area contributed by atoms with Crippen LogP contribution < -0.4 is 0 Å². The maximum atomic E-state index is 2.59. The lowest BCUT2D eigenvalue weighted by atomic mass is 10.2. The van der Waals surface area contributed by atoms with Crippen molar-refractivity contribution in [2.24, 2.45) is 5.92 Å². The van der Waals surface area contributed by atoms with Gasteiger partial charge in [0, 0.05) is 6.54 Å². The molecule has 10 heavy (non-hydrogen) atoms. The third kappa shape index (κ3) is 2.30. The van der Waals surface area contributed by atoms with Crippen molar-refractivity contribution in [2.75, 3.05) is 19.6 Å². The van der Waals surface area contributed by atoms with E-state index in [9.17, 15) is 0 Å². The van der Waals surface area contributed by atoms with E-state index in [0.29, 0.717) is 0 Å². The van der Waals surface area contributed by atoms with Gasteiger partial charge in [-0.25, -0.2) is 0 Å². The minimum atomic E-state index is 0.955. The van der Waals surface area contributed by atoms with Gasteiger partial charge in [0.15, 0.2) is 0 Å². The van der Waals surface area contributed by atoms with Crippen molar-refractivity contribution in [1.29, 1.82) is 0 Å². The van der Waals surface area contributed by atoms with E-state index in [-0.39, 0.29) is 0 Å². The highest BCUT2D eigenvalue weighted by Crippen LogP contribution is 2.14. The van der Waals surface area contributed by atoms with E-state index in [4.69, 9.17) is 0 Å². The number of rotatable bonds is 3. The third-order valence-corrected chi connectivity index (χ3v) is 2.34. The van der Waals surface area contributed by atoms with Crippen molar-refractivity contribution in [3.63, 3.8) is 0 Å². The van der Waals surface area contributed by atoms with Crippen LogP contribution in [0.1, 0.15) is 33.1 Å². The molecule has 60 valence electrons. The molecule has 1 atom stereocenters. The second-order valence-corrected chi connectivity index (χ2v) is 3.55. The van der Waals surface area contributed by atoms with E-state index >= 15 is 0 Å². The zero-order valence-corrected chi connectivity index (χ0v) is 7.27. The topological polar surface area (TPSA) is 3.24 Å². The van der Waals surface area contributed by atoms with Crippen LogP contribution in [0.3, 0.4) is 0 Å². The molecule has 1 aliphatic heterocycles. The SMILES string of the molecule is CCCCN1CC[C@H](C)C1. The summed E-state index contributed by atoms with van der Waals surface area (Å²) in [7, 11) is 0. The Morgan fingerprint density at radius 2 is 2.30 bits per heavy atom. The Balaban J connectivity index is 2.06. The van der Waals surface area contributed by atoms with Gasteiger partial charge in [-0.1, -0.05) is 20.3 Å². The predicted molar refractivity (Wildman–Crippen MR) is 45.1 cm³/mol. The molecule has 0 saturated carbocycles. The van der Waals surface area contributed by atoms with Gasteiger partial charge < -0.3 is 4.90 Å². The first-order valence-electron chi connectivity index (χ1n) is 4.55. The molecule has 0 amide bonds. The Kier molecular flexibility index (Phi) is 3.20. The van der Waals surface area contributed by atoms with Gasteiger partial charge in [0.1, 0.15) is 0 Å². The summed E-state index contributed by atoms with van der Waals surface area (Å²) in [6.45, 7) is 8.65. The molecule has 0 radical (unpaired) electrons. The molecular weight excluding hydrogens is 122 g/mol. The van der Waals surface area contributed by atoms with Gasteiger partial charge in [-0.05, 0) is 31.8 Å². The molecule has 0 aromatic heterocycles. The summed E-state index contributed by atoms with van der Waals surface area (Å²) < 4.78 is 0. The summed E-state index contributed by atoms with van der Waals surface area (Å²) in [6, 6.07) is 0. The largest absolute Gasteiger partial charge is 0.303 e. The molecule has 0 aliphatic carbocycles. The molecule has 1 heteroatoms. The van der Waals surface area contributed by atoms with Crippen LogP contribution in [0.25, 0.3) is 0 Å². The molecule has 1 aliphatic rings. The lowest BCUT2D eigenvalue weighted by Gasteiger charge is -2.13. The van der Waals surface area contributed by atoms with Crippen LogP contribution in [0.2, 0.25) is 0 Å². The van der Waals surface area contributed by atoms with Gasteiger partial charge in [-0.3, -0.25) is 0 Å². The molecule has 0 aromatic rings. The first kappa shape index (κ1) is 8.06. The van der Waals surface area contributed by atoms with Gasteiger partial charge >= 0.3 is 0 Å². The summed E-state index contributed by atoms with van der Waals surface area (Å²) in [5.74, 6) is 0.955. The lowest BCUT2D eigenvalue weighted by Crippen LogP contribution is -2.21. The molecule has 0 bridgehead atoms. The van der Waals surface area contributed by atoms with Gasteiger partial charge in [-0.2, -0.15) is 0 Å². The minimum Gasteiger partial charge on any atom is -0.303 e. The van der Waals surface area contributed by atoms with Crippen LogP contribution in [0.4, 0.5) is 0 Å². The van der Waals surface area contributed by atoms with Crippen LogP contribution in [0.5, 0.6) is 0 Å². The number of nitrogens with zero attached hydrogens (tertiary/aromatic N) is 1. The molecule has 1 fully saturated rings. The smallest absolute Gasteiger partial charge is 0.000750 e. The molecule has 1 rings (SSSR count). The van der Waals surface area contributed by atoms with E-state index in [1.165, 1.54) is 38.9 Å². The second-order valence-electron chi connectivity index (χ2n) is 3.55. The lowest BCUT2D eigenvalue weighted by molar-refractivity contribution is 0.322. The highest BCUT2D eigenvalue weighted by Gasteiger charge is 2.16. The van der Waals surface area contributed by atoms with E-state index < -0.39 is 0 Å². The van der Waals surface area contributed by atoms with Crippen LogP contribution in [-0.2, 0) is 0 Å². The zero-order valence-electron chi connectivity index (χ0n) is 7.27. The van der Waals surface area contributed by atoms with E-state index in [1.807, 2.05) is 0 Å². The van der Waals surface area contributed by atoms with Gasteiger partial charge in [0.05, 0.1) is 0 Å². The van der Waals surface area contributed by atoms with Crippen LogP contribution in [-0.4, -0.2) is 24.5 Å². The summed E-state index contributed by atoms with van der Waals surface area (Å²) in [6.07, 6.45) is 4.14. The Morgan fingerprint density at radius 3 is 2.80 bits per heavy atom. The average Bonchev–Trinajstić information content (AvgIpc) is 2.31. The van der Waals surface area contributed by atoms with Crippen LogP contribution >= 0.6 is 0 Å². The van der Waals surface area contributed by atoms with Crippen molar-refractivity contribution in [1.82, 2.24) is 4.90 Å². The van der Waals surface area contributed by atoms with Crippen molar-refractivity contribution in [3.05, 3.63) is 0 Å². The molecule has 1 heterocycles. The summed E-state index contributed by atoms with van der Waals surface area (Å²) in [5.41, 5.74) is 0. The molecule has 1 saturated heterocycles. The minimum absolute atomic E-state index is 0.955. The summed E-state index contributed by atoms with van der Waals surface area (Å²) >= 11 is 0. The molecule has 0 N–H and O–H groups in total. The van der Waals surface area contributed by atoms with E-state index in [2.05, 4.69) is 18.7 Å². The fourth-order valence-corrected chi connectivity index (χ4v) is 1.61. The Hall–Kier alpha value is -0.0400. The Morgan fingerprint density at radius 1 is 1.50 bits per heavy atom. The predicted octanol–water partition coefficient (Wildman–Crippen LogP) is 2.13. The fraction of sp³-hybridized carbons (Fsp3) is 1.00. The highest BCUT2D eigenvalue weighted by molar-refractivity contribution is 4.71. The van der Waals surface area contributed by atoms with Crippen molar-refractivity contribution in [3.8, 4) is 0 Å². The average molecular weight is 141 g/mol. The number of hydrogen-bond acceptors (Lipinski definition) is 1. The Bertz CT molecular complexity index is 90.7. The Labute approximate surface area is 64.4 Å². The van der Waals surface area contributed by atoms with Crippen LogP contribution in [0, 0.1) is 5.92 Å². The number of likely N-dealkylation sites (tertiary alicyclic amines) is 1. The van der Waals surface area contributed by atoms with Crippen molar-refractivity contribution < 1.29 is 0 Å². The first-order valence-corrected chi connectivity index (χ1v) is 4.55. The third-order valence-electron chi connectivity index (χ3n) is 2.34. The highest BCUT2D eigenvalue weighted by atomic mass is 15.1. The normalized spacial score (nSPS) is 27.6. The number of unbranched alkanes of at least 4 members (excludes halogenated alkanes) is 1. The molecule has 1 nitrogen and oxygen atoms in total. The summed E-state index contributed by atoms with van der Waals surface area (Å²) in [5, 5.41) is 0. The zero-order chi connectivity index (χ0) is 7.40. The van der Waals surface area contributed by atoms with Gasteiger partial charge in [0.25, 0.3) is 0 Å². The monoisotopic (exact) mass is 141 g/mol. The second kappa shape index (κ2) is 3.97. The molecule has 0 spiro atoms. The fourth-order valence-electron chi connectivity index (χ4n) is 1.61. The summed E-state index contributed by atoms with van der Waals surface area (Å²) in [4.78, 5) is 2.59. The van der Waals surface area contributed by atoms with Crippen molar-refractivity contribution in [2.45, 2.75) is 33.1 Å². The maximum absolute atomic E-state index is 2.59. The maximum Gasteiger partial charge on any atom is 0.000750 e. The quantitative estimate of drug-likeness (QED) is 0.582. The standard InChI is InChI=1S/C9H19N/c1-3-4-6-10-7-5-9(2)8-10/h9H,3-8H2,1-2H3/t9-/m0/s1. The van der Waals surface area contributed by atoms with Gasteiger partial charge in [-0.15, -0.1) is 0 Å².